The SMILES string of the molecule is CSCC[C@@H](NC(=O)C1(C)COCC1NC(=O)OCC1c2ccccc2-c2ccccc21)C(=O)O. The van der Waals surface area contributed by atoms with Gasteiger partial charge < -0.3 is 25.2 Å². The first-order valence-electron chi connectivity index (χ1n) is 11.6. The van der Waals surface area contributed by atoms with Crippen LogP contribution in [0.3, 0.4) is 0 Å². The molecule has 4 rings (SSSR count). The Morgan fingerprint density at radius 2 is 1.77 bits per heavy atom. The molecule has 1 fully saturated rings. The predicted octanol–water partition coefficient (Wildman–Crippen LogP) is 3.25. The van der Waals surface area contributed by atoms with Gasteiger partial charge in [-0.3, -0.25) is 4.79 Å². The van der Waals surface area contributed by atoms with E-state index < -0.39 is 35.5 Å². The highest BCUT2D eigenvalue weighted by molar-refractivity contribution is 7.98. The Kier molecular flexibility index (Phi) is 7.66. The van der Waals surface area contributed by atoms with E-state index in [4.69, 9.17) is 9.47 Å². The molecule has 3 N–H and O–H groups in total. The highest BCUT2D eigenvalue weighted by atomic mass is 32.2. The fourth-order valence-electron chi connectivity index (χ4n) is 4.70. The second kappa shape index (κ2) is 10.7. The summed E-state index contributed by atoms with van der Waals surface area (Å²) in [6.45, 7) is 2.03. The third kappa shape index (κ3) is 5.16. The summed E-state index contributed by atoms with van der Waals surface area (Å²) >= 11 is 1.51. The van der Waals surface area contributed by atoms with Gasteiger partial charge in [-0.2, -0.15) is 11.8 Å². The van der Waals surface area contributed by atoms with E-state index in [-0.39, 0.29) is 25.7 Å². The molecule has 0 radical (unpaired) electrons. The number of amides is 2. The van der Waals surface area contributed by atoms with Crippen molar-refractivity contribution in [1.82, 2.24) is 10.6 Å². The van der Waals surface area contributed by atoms with E-state index in [0.29, 0.717) is 12.2 Å². The summed E-state index contributed by atoms with van der Waals surface area (Å²) in [5, 5.41) is 14.8. The van der Waals surface area contributed by atoms with Crippen molar-refractivity contribution in [2.45, 2.75) is 31.3 Å². The predicted molar refractivity (Wildman–Crippen MR) is 133 cm³/mol. The molecular weight excluding hydrogens is 468 g/mol. The van der Waals surface area contributed by atoms with E-state index in [9.17, 15) is 19.5 Å². The summed E-state index contributed by atoms with van der Waals surface area (Å²) in [5.41, 5.74) is 3.39. The molecule has 2 amide bonds. The third-order valence-corrected chi connectivity index (χ3v) is 7.47. The quantitative estimate of drug-likeness (QED) is 0.486. The molecule has 186 valence electrons. The van der Waals surface area contributed by atoms with Crippen molar-refractivity contribution in [3.8, 4) is 11.1 Å². The third-order valence-electron chi connectivity index (χ3n) is 6.82. The number of carboxylic acid groups (broad SMARTS) is 1. The van der Waals surface area contributed by atoms with Gasteiger partial charge in [0.2, 0.25) is 5.91 Å². The normalized spacial score (nSPS) is 21.6. The second-order valence-electron chi connectivity index (χ2n) is 9.10. The lowest BCUT2D eigenvalue weighted by atomic mass is 9.84. The molecule has 1 aliphatic carbocycles. The number of alkyl carbamates (subject to hydrolysis) is 1. The van der Waals surface area contributed by atoms with Gasteiger partial charge in [-0.25, -0.2) is 9.59 Å². The molecule has 8 nitrogen and oxygen atoms in total. The topological polar surface area (TPSA) is 114 Å². The Morgan fingerprint density at radius 3 is 2.37 bits per heavy atom. The molecule has 3 atom stereocenters. The smallest absolute Gasteiger partial charge is 0.407 e. The summed E-state index contributed by atoms with van der Waals surface area (Å²) in [7, 11) is 0. The standard InChI is InChI=1S/C26H30N2O6S/c1-26(24(31)27-21(23(29)30)11-12-35-2)15-33-14-22(26)28-25(32)34-13-20-18-9-5-3-7-16(18)17-8-4-6-10-19(17)20/h3-10,20-22H,11-15H2,1-2H3,(H,27,31)(H,28,32)(H,29,30)/t21-,22?,26?/m1/s1. The molecule has 1 aliphatic heterocycles. The van der Waals surface area contributed by atoms with E-state index >= 15 is 0 Å². The fourth-order valence-corrected chi connectivity index (χ4v) is 5.17. The number of carbonyl (C=O) groups excluding carboxylic acids is 2. The Balaban J connectivity index is 1.39. The zero-order valence-electron chi connectivity index (χ0n) is 19.8. The van der Waals surface area contributed by atoms with Crippen LogP contribution < -0.4 is 10.6 Å². The average Bonchev–Trinajstić information content (AvgIpc) is 3.38. The van der Waals surface area contributed by atoms with E-state index in [0.717, 1.165) is 22.3 Å². The van der Waals surface area contributed by atoms with Crippen LogP contribution in [0.2, 0.25) is 0 Å². The van der Waals surface area contributed by atoms with E-state index in [2.05, 4.69) is 22.8 Å². The van der Waals surface area contributed by atoms with Gasteiger partial charge in [0.1, 0.15) is 12.6 Å². The summed E-state index contributed by atoms with van der Waals surface area (Å²) in [6, 6.07) is 14.5. The van der Waals surface area contributed by atoms with E-state index in [1.165, 1.54) is 11.8 Å². The van der Waals surface area contributed by atoms with Crippen LogP contribution in [0, 0.1) is 5.41 Å². The van der Waals surface area contributed by atoms with Crippen molar-refractivity contribution in [2.75, 3.05) is 31.8 Å². The molecule has 1 saturated heterocycles. The van der Waals surface area contributed by atoms with Crippen LogP contribution in [-0.2, 0) is 19.1 Å². The molecule has 35 heavy (non-hydrogen) atoms. The van der Waals surface area contributed by atoms with Crippen LogP contribution in [0.25, 0.3) is 11.1 Å². The van der Waals surface area contributed by atoms with Crippen molar-refractivity contribution in [3.63, 3.8) is 0 Å². The van der Waals surface area contributed by atoms with Crippen molar-refractivity contribution in [3.05, 3.63) is 59.7 Å². The van der Waals surface area contributed by atoms with Gasteiger partial charge in [0.05, 0.1) is 24.7 Å². The molecule has 0 bridgehead atoms. The summed E-state index contributed by atoms with van der Waals surface area (Å²) < 4.78 is 11.1. The first-order chi connectivity index (χ1) is 16.8. The maximum Gasteiger partial charge on any atom is 0.407 e. The summed E-state index contributed by atoms with van der Waals surface area (Å²) in [6.07, 6.45) is 1.55. The largest absolute Gasteiger partial charge is 0.480 e. The molecule has 2 aromatic rings. The van der Waals surface area contributed by atoms with Gasteiger partial charge >= 0.3 is 12.1 Å². The highest BCUT2D eigenvalue weighted by Crippen LogP contribution is 2.44. The maximum absolute atomic E-state index is 13.0. The fraction of sp³-hybridized carbons (Fsp3) is 0.423. The van der Waals surface area contributed by atoms with Crippen LogP contribution in [0.1, 0.15) is 30.4 Å². The van der Waals surface area contributed by atoms with Gasteiger partial charge in [0.15, 0.2) is 0 Å². The number of carboxylic acids is 1. The van der Waals surface area contributed by atoms with Crippen LogP contribution in [0.15, 0.2) is 48.5 Å². The Bertz CT molecular complexity index is 1060. The number of hydrogen-bond acceptors (Lipinski definition) is 6. The van der Waals surface area contributed by atoms with Crippen LogP contribution in [0.5, 0.6) is 0 Å². The Labute approximate surface area is 208 Å². The molecule has 0 aromatic heterocycles. The molecule has 1 heterocycles. The van der Waals surface area contributed by atoms with E-state index in [1.54, 1.807) is 6.92 Å². The number of hydrogen-bond donors (Lipinski definition) is 3. The Morgan fingerprint density at radius 1 is 1.14 bits per heavy atom. The number of thioether (sulfide) groups is 1. The van der Waals surface area contributed by atoms with Crippen molar-refractivity contribution in [2.24, 2.45) is 5.41 Å². The number of benzene rings is 2. The maximum atomic E-state index is 13.0. The lowest BCUT2D eigenvalue weighted by Gasteiger charge is -2.30. The number of aliphatic carboxylic acids is 1. The zero-order chi connectivity index (χ0) is 25.0. The molecule has 0 spiro atoms. The first kappa shape index (κ1) is 25.1. The lowest BCUT2D eigenvalue weighted by molar-refractivity contribution is -0.144. The van der Waals surface area contributed by atoms with Crippen molar-refractivity contribution < 1.29 is 29.0 Å². The summed E-state index contributed by atoms with van der Waals surface area (Å²) in [5.74, 6) is -1.02. The first-order valence-corrected chi connectivity index (χ1v) is 13.0. The van der Waals surface area contributed by atoms with Crippen LogP contribution >= 0.6 is 11.8 Å². The van der Waals surface area contributed by atoms with Gasteiger partial charge in [-0.15, -0.1) is 0 Å². The van der Waals surface area contributed by atoms with Gasteiger partial charge in [-0.05, 0) is 47.6 Å². The number of ether oxygens (including phenoxy) is 2. The Hall–Kier alpha value is -3.04. The van der Waals surface area contributed by atoms with Crippen LogP contribution in [-0.4, -0.2) is 67.0 Å². The lowest BCUT2D eigenvalue weighted by Crippen LogP contribution is -2.56. The van der Waals surface area contributed by atoms with Gasteiger partial charge in [0, 0.05) is 5.92 Å². The number of nitrogens with one attached hydrogen (secondary N) is 2. The van der Waals surface area contributed by atoms with Crippen molar-refractivity contribution >= 4 is 29.7 Å². The van der Waals surface area contributed by atoms with Crippen LogP contribution in [0.4, 0.5) is 4.79 Å². The second-order valence-corrected chi connectivity index (χ2v) is 10.1. The molecule has 2 unspecified atom stereocenters. The van der Waals surface area contributed by atoms with Gasteiger partial charge in [-0.1, -0.05) is 48.5 Å². The number of carbonyl (C=O) groups is 3. The molecule has 2 aromatic carbocycles. The average molecular weight is 499 g/mol. The molecular formula is C26H30N2O6S. The minimum absolute atomic E-state index is 0.0715. The molecule has 9 heteroatoms. The molecule has 0 saturated carbocycles. The monoisotopic (exact) mass is 498 g/mol. The number of fused-ring (bicyclic) bond motifs is 3. The van der Waals surface area contributed by atoms with E-state index in [1.807, 2.05) is 42.7 Å². The van der Waals surface area contributed by atoms with Crippen molar-refractivity contribution in [1.29, 1.82) is 0 Å². The minimum Gasteiger partial charge on any atom is -0.480 e. The molecule has 2 aliphatic rings. The summed E-state index contributed by atoms with van der Waals surface area (Å²) in [4.78, 5) is 37.3. The zero-order valence-corrected chi connectivity index (χ0v) is 20.6. The van der Waals surface area contributed by atoms with Gasteiger partial charge in [0.25, 0.3) is 0 Å². The minimum atomic E-state index is -1.11. The highest BCUT2D eigenvalue weighted by Gasteiger charge is 2.48. The number of rotatable bonds is 9.